The van der Waals surface area contributed by atoms with Crippen molar-refractivity contribution in [3.63, 3.8) is 0 Å². The van der Waals surface area contributed by atoms with Gasteiger partial charge in [0.1, 0.15) is 0 Å². The van der Waals surface area contributed by atoms with Gasteiger partial charge in [0, 0.05) is 25.5 Å². The number of aryl methyl sites for hydroxylation is 4. The molecular formula is C15H21N3O2S. The van der Waals surface area contributed by atoms with Gasteiger partial charge in [0.05, 0.1) is 11.2 Å². The minimum absolute atomic E-state index is 0.399. The van der Waals surface area contributed by atoms with Gasteiger partial charge < -0.3 is 4.57 Å². The molecule has 114 valence electrons. The number of sulfonamides is 1. The first-order chi connectivity index (χ1) is 9.90. The van der Waals surface area contributed by atoms with Gasteiger partial charge in [-0.05, 0) is 38.3 Å². The molecule has 1 aromatic heterocycles. The summed E-state index contributed by atoms with van der Waals surface area (Å²) in [6.45, 7) is 6.79. The number of hydrogen-bond donors (Lipinski definition) is 1. The second-order valence-corrected chi connectivity index (χ2v) is 6.98. The summed E-state index contributed by atoms with van der Waals surface area (Å²) in [6, 6.07) is 3.79. The summed E-state index contributed by atoms with van der Waals surface area (Å²) in [4.78, 5) is 4.35. The van der Waals surface area contributed by atoms with E-state index in [2.05, 4.69) is 9.71 Å². The van der Waals surface area contributed by atoms with Gasteiger partial charge in [0.15, 0.2) is 0 Å². The molecule has 1 aromatic carbocycles. The van der Waals surface area contributed by atoms with E-state index in [4.69, 9.17) is 0 Å². The van der Waals surface area contributed by atoms with E-state index in [9.17, 15) is 8.42 Å². The van der Waals surface area contributed by atoms with E-state index in [1.165, 1.54) is 0 Å². The highest BCUT2D eigenvalue weighted by Gasteiger charge is 2.19. The minimum atomic E-state index is -3.45. The van der Waals surface area contributed by atoms with Crippen molar-refractivity contribution >= 4 is 10.0 Å². The molecule has 6 heteroatoms. The first-order valence-corrected chi connectivity index (χ1v) is 8.42. The van der Waals surface area contributed by atoms with Gasteiger partial charge in [-0.2, -0.15) is 0 Å². The zero-order chi connectivity index (χ0) is 15.5. The van der Waals surface area contributed by atoms with Gasteiger partial charge >= 0.3 is 0 Å². The molecule has 0 radical (unpaired) electrons. The third kappa shape index (κ3) is 3.92. The van der Waals surface area contributed by atoms with E-state index in [0.717, 1.165) is 29.7 Å². The van der Waals surface area contributed by atoms with E-state index in [-0.39, 0.29) is 0 Å². The topological polar surface area (TPSA) is 64.0 Å². The summed E-state index contributed by atoms with van der Waals surface area (Å²) < 4.78 is 29.4. The number of benzene rings is 1. The Kier molecular flexibility index (Phi) is 4.80. The van der Waals surface area contributed by atoms with E-state index < -0.39 is 10.0 Å². The Balaban J connectivity index is 2.02. The normalized spacial score (nSPS) is 11.8. The number of nitrogens with one attached hydrogen (secondary N) is 1. The molecular weight excluding hydrogens is 286 g/mol. The van der Waals surface area contributed by atoms with Crippen molar-refractivity contribution in [3.8, 4) is 0 Å². The van der Waals surface area contributed by atoms with Crippen LogP contribution >= 0.6 is 0 Å². The fraction of sp³-hybridized carbons (Fsp3) is 0.400. The predicted octanol–water partition coefficient (Wildman–Crippen LogP) is 2.18. The van der Waals surface area contributed by atoms with Crippen LogP contribution in [0.5, 0.6) is 0 Å². The maximum Gasteiger partial charge on any atom is 0.241 e. The van der Waals surface area contributed by atoms with Crippen molar-refractivity contribution in [1.82, 2.24) is 14.3 Å². The SMILES string of the molecule is Cc1cc(C)c(S(=O)(=O)NCCCn2ccnc2)c(C)c1. The Morgan fingerprint density at radius 1 is 1.19 bits per heavy atom. The number of aromatic nitrogens is 2. The molecule has 0 saturated heterocycles. The molecule has 1 heterocycles. The van der Waals surface area contributed by atoms with Gasteiger partial charge in [-0.25, -0.2) is 18.1 Å². The monoisotopic (exact) mass is 307 g/mol. The van der Waals surface area contributed by atoms with Gasteiger partial charge in [0.25, 0.3) is 0 Å². The van der Waals surface area contributed by atoms with Crippen LogP contribution in [0, 0.1) is 20.8 Å². The lowest BCUT2D eigenvalue weighted by Gasteiger charge is -2.13. The van der Waals surface area contributed by atoms with Crippen molar-refractivity contribution in [2.24, 2.45) is 0 Å². The van der Waals surface area contributed by atoms with Gasteiger partial charge in [0.2, 0.25) is 10.0 Å². The summed E-state index contributed by atoms with van der Waals surface area (Å²) >= 11 is 0. The molecule has 2 aromatic rings. The lowest BCUT2D eigenvalue weighted by Crippen LogP contribution is -2.27. The lowest BCUT2D eigenvalue weighted by atomic mass is 10.1. The molecule has 0 aliphatic rings. The predicted molar refractivity (Wildman–Crippen MR) is 82.7 cm³/mol. The smallest absolute Gasteiger partial charge is 0.241 e. The standard InChI is InChI=1S/C15H21N3O2S/c1-12-9-13(2)15(14(3)10-12)21(19,20)17-5-4-7-18-8-6-16-11-18/h6,8-11,17H,4-5,7H2,1-3H3. The van der Waals surface area contributed by atoms with E-state index in [1.54, 1.807) is 12.5 Å². The van der Waals surface area contributed by atoms with Crippen LogP contribution in [0.2, 0.25) is 0 Å². The molecule has 0 aliphatic heterocycles. The number of nitrogens with zero attached hydrogens (tertiary/aromatic N) is 2. The van der Waals surface area contributed by atoms with Crippen molar-refractivity contribution < 1.29 is 8.42 Å². The van der Waals surface area contributed by atoms with Crippen molar-refractivity contribution in [2.75, 3.05) is 6.54 Å². The van der Waals surface area contributed by atoms with Gasteiger partial charge in [-0.3, -0.25) is 0 Å². The highest BCUT2D eigenvalue weighted by atomic mass is 32.2. The maximum absolute atomic E-state index is 12.4. The molecule has 0 fully saturated rings. The Labute approximate surface area is 126 Å². The molecule has 0 aliphatic carbocycles. The maximum atomic E-state index is 12.4. The molecule has 0 spiro atoms. The second-order valence-electron chi connectivity index (χ2n) is 5.28. The zero-order valence-electron chi connectivity index (χ0n) is 12.6. The van der Waals surface area contributed by atoms with Crippen molar-refractivity contribution in [2.45, 2.75) is 38.6 Å². The van der Waals surface area contributed by atoms with Crippen LogP contribution in [0.15, 0.2) is 35.7 Å². The molecule has 2 rings (SSSR count). The van der Waals surface area contributed by atoms with E-state index >= 15 is 0 Å². The summed E-state index contributed by atoms with van der Waals surface area (Å²) in [5.41, 5.74) is 2.65. The zero-order valence-corrected chi connectivity index (χ0v) is 13.4. The van der Waals surface area contributed by atoms with Crippen LogP contribution in [0.3, 0.4) is 0 Å². The first kappa shape index (κ1) is 15.7. The average Bonchev–Trinajstić information content (AvgIpc) is 2.86. The Morgan fingerprint density at radius 3 is 2.43 bits per heavy atom. The van der Waals surface area contributed by atoms with Crippen molar-refractivity contribution in [3.05, 3.63) is 47.5 Å². The number of rotatable bonds is 6. The van der Waals surface area contributed by atoms with Crippen LogP contribution in [0.1, 0.15) is 23.1 Å². The lowest BCUT2D eigenvalue weighted by molar-refractivity contribution is 0.568. The van der Waals surface area contributed by atoms with Crippen LogP contribution in [0.25, 0.3) is 0 Å². The molecule has 0 atom stereocenters. The van der Waals surface area contributed by atoms with Crippen LogP contribution in [-0.2, 0) is 16.6 Å². The summed E-state index contributed by atoms with van der Waals surface area (Å²) in [6.07, 6.45) is 6.02. The van der Waals surface area contributed by atoms with Crippen molar-refractivity contribution in [1.29, 1.82) is 0 Å². The molecule has 0 amide bonds. The van der Waals surface area contributed by atoms with E-state index in [0.29, 0.717) is 11.4 Å². The third-order valence-electron chi connectivity index (χ3n) is 3.32. The summed E-state index contributed by atoms with van der Waals surface area (Å²) in [5.74, 6) is 0. The van der Waals surface area contributed by atoms with Crippen LogP contribution < -0.4 is 4.72 Å². The highest BCUT2D eigenvalue weighted by molar-refractivity contribution is 7.89. The number of hydrogen-bond acceptors (Lipinski definition) is 3. The first-order valence-electron chi connectivity index (χ1n) is 6.93. The summed E-state index contributed by atoms with van der Waals surface area (Å²) in [7, 11) is -3.45. The summed E-state index contributed by atoms with van der Waals surface area (Å²) in [5, 5.41) is 0. The third-order valence-corrected chi connectivity index (χ3v) is 5.08. The second kappa shape index (κ2) is 6.41. The van der Waals surface area contributed by atoms with Gasteiger partial charge in [-0.15, -0.1) is 0 Å². The molecule has 1 N–H and O–H groups in total. The molecule has 0 bridgehead atoms. The fourth-order valence-corrected chi connectivity index (χ4v) is 4.07. The van der Waals surface area contributed by atoms with Crippen LogP contribution in [-0.4, -0.2) is 24.5 Å². The average molecular weight is 307 g/mol. The van der Waals surface area contributed by atoms with E-state index in [1.807, 2.05) is 43.7 Å². The Hall–Kier alpha value is -1.66. The Morgan fingerprint density at radius 2 is 1.86 bits per heavy atom. The highest BCUT2D eigenvalue weighted by Crippen LogP contribution is 2.21. The van der Waals surface area contributed by atoms with Gasteiger partial charge in [-0.1, -0.05) is 17.7 Å². The Bertz CT molecular complexity index is 684. The quantitative estimate of drug-likeness (QED) is 0.832. The largest absolute Gasteiger partial charge is 0.337 e. The molecule has 21 heavy (non-hydrogen) atoms. The minimum Gasteiger partial charge on any atom is -0.337 e. The molecule has 0 unspecified atom stereocenters. The fourth-order valence-electron chi connectivity index (χ4n) is 2.55. The molecule has 0 saturated carbocycles. The molecule has 5 nitrogen and oxygen atoms in total. The number of imidazole rings is 1. The van der Waals surface area contributed by atoms with Crippen LogP contribution in [0.4, 0.5) is 0 Å².